The van der Waals surface area contributed by atoms with Crippen molar-refractivity contribution in [1.82, 2.24) is 15.0 Å². The molecular formula is C42H28N4O. The smallest absolute Gasteiger partial charge is 0.235 e. The number of rotatable bonds is 2. The molecule has 0 saturated heterocycles. The van der Waals surface area contributed by atoms with Crippen molar-refractivity contribution in [1.29, 1.82) is 0 Å². The molecule has 0 N–H and O–H groups in total. The van der Waals surface area contributed by atoms with Gasteiger partial charge in [0.1, 0.15) is 5.58 Å². The van der Waals surface area contributed by atoms with Crippen LogP contribution in [0.2, 0.25) is 0 Å². The first-order valence-electron chi connectivity index (χ1n) is 16.0. The molecule has 0 spiro atoms. The molecule has 0 saturated carbocycles. The Hall–Kier alpha value is -6.07. The lowest BCUT2D eigenvalue weighted by Gasteiger charge is -2.41. The molecule has 0 atom stereocenters. The van der Waals surface area contributed by atoms with Crippen LogP contribution in [0.3, 0.4) is 0 Å². The molecule has 5 heteroatoms. The van der Waals surface area contributed by atoms with Gasteiger partial charge in [-0.3, -0.25) is 9.88 Å². The first-order chi connectivity index (χ1) is 23.1. The third-order valence-electron chi connectivity index (χ3n) is 9.90. The Morgan fingerprint density at radius 3 is 2.30 bits per heavy atom. The molecule has 0 unspecified atom stereocenters. The second-order valence-corrected chi connectivity index (χ2v) is 12.8. The van der Waals surface area contributed by atoms with E-state index in [0.717, 1.165) is 77.0 Å². The Bertz CT molecular complexity index is 2730. The molecule has 47 heavy (non-hydrogen) atoms. The van der Waals surface area contributed by atoms with Crippen LogP contribution in [0.1, 0.15) is 25.0 Å². The lowest BCUT2D eigenvalue weighted by atomic mass is 9.71. The van der Waals surface area contributed by atoms with Gasteiger partial charge >= 0.3 is 0 Å². The summed E-state index contributed by atoms with van der Waals surface area (Å²) in [6, 6.07) is 42.3. The molecule has 0 amide bonds. The predicted molar refractivity (Wildman–Crippen MR) is 192 cm³/mol. The summed E-state index contributed by atoms with van der Waals surface area (Å²) in [4.78, 5) is 17.7. The highest BCUT2D eigenvalue weighted by atomic mass is 16.3. The van der Waals surface area contributed by atoms with Crippen molar-refractivity contribution in [2.24, 2.45) is 0 Å². The highest BCUT2D eigenvalue weighted by Crippen LogP contribution is 2.57. The topological polar surface area (TPSA) is 55.1 Å². The number of furan rings is 1. The molecule has 6 aromatic carbocycles. The van der Waals surface area contributed by atoms with Gasteiger partial charge in [-0.2, -0.15) is 0 Å². The SMILES string of the molecule is CC1(C)c2ccccc2N(c2nc(-c3ccccc3)c3c(ccc4ccccc43)n2)c2c1c1ccncc1c1c2oc2ccccc21. The van der Waals surface area contributed by atoms with Crippen LogP contribution in [-0.2, 0) is 5.41 Å². The van der Waals surface area contributed by atoms with Gasteiger partial charge in [0.05, 0.1) is 22.6 Å². The van der Waals surface area contributed by atoms with Crippen molar-refractivity contribution in [3.63, 3.8) is 0 Å². The molecule has 5 nitrogen and oxygen atoms in total. The largest absolute Gasteiger partial charge is 0.454 e. The summed E-state index contributed by atoms with van der Waals surface area (Å²) in [7, 11) is 0. The van der Waals surface area contributed by atoms with Gasteiger partial charge in [-0.15, -0.1) is 0 Å². The van der Waals surface area contributed by atoms with E-state index in [1.807, 2.05) is 30.6 Å². The number of pyridine rings is 1. The number of hydrogen-bond acceptors (Lipinski definition) is 5. The van der Waals surface area contributed by atoms with Crippen LogP contribution >= 0.6 is 0 Å². The molecule has 0 bridgehead atoms. The molecule has 1 aliphatic heterocycles. The second kappa shape index (κ2) is 9.47. The first-order valence-corrected chi connectivity index (χ1v) is 16.0. The van der Waals surface area contributed by atoms with Gasteiger partial charge in [-0.05, 0) is 51.6 Å². The normalized spacial score (nSPS) is 13.9. The number of benzene rings is 6. The van der Waals surface area contributed by atoms with Gasteiger partial charge in [-0.25, -0.2) is 9.97 Å². The van der Waals surface area contributed by atoms with E-state index in [2.05, 4.69) is 127 Å². The summed E-state index contributed by atoms with van der Waals surface area (Å²) < 4.78 is 6.85. The Morgan fingerprint density at radius 1 is 0.638 bits per heavy atom. The molecule has 3 aromatic heterocycles. The minimum atomic E-state index is -0.357. The molecule has 222 valence electrons. The van der Waals surface area contributed by atoms with Crippen molar-refractivity contribution in [3.05, 3.63) is 145 Å². The number of para-hydroxylation sites is 2. The second-order valence-electron chi connectivity index (χ2n) is 12.8. The summed E-state index contributed by atoms with van der Waals surface area (Å²) in [6.07, 6.45) is 3.87. The number of aromatic nitrogens is 3. The van der Waals surface area contributed by atoms with Gasteiger partial charge < -0.3 is 4.42 Å². The number of fused-ring (bicyclic) bond motifs is 12. The zero-order chi connectivity index (χ0) is 31.3. The predicted octanol–water partition coefficient (Wildman–Crippen LogP) is 11.0. The fourth-order valence-corrected chi connectivity index (χ4v) is 7.83. The minimum absolute atomic E-state index is 0.357. The number of hydrogen-bond donors (Lipinski definition) is 0. The maximum atomic E-state index is 6.85. The van der Waals surface area contributed by atoms with E-state index in [1.54, 1.807) is 0 Å². The van der Waals surface area contributed by atoms with Crippen molar-refractivity contribution in [2.45, 2.75) is 19.3 Å². The monoisotopic (exact) mass is 604 g/mol. The summed E-state index contributed by atoms with van der Waals surface area (Å²) in [6.45, 7) is 4.61. The van der Waals surface area contributed by atoms with Gasteiger partial charge in [0.25, 0.3) is 0 Å². The average Bonchev–Trinajstić information content (AvgIpc) is 3.51. The van der Waals surface area contributed by atoms with Crippen LogP contribution in [0.25, 0.3) is 65.6 Å². The molecule has 0 fully saturated rings. The summed E-state index contributed by atoms with van der Waals surface area (Å²) in [5, 5.41) is 7.68. The van der Waals surface area contributed by atoms with Crippen molar-refractivity contribution < 1.29 is 4.42 Å². The number of nitrogens with zero attached hydrogens (tertiary/aromatic N) is 4. The molecule has 10 rings (SSSR count). The van der Waals surface area contributed by atoms with Crippen molar-refractivity contribution >= 4 is 71.7 Å². The third kappa shape index (κ3) is 3.57. The van der Waals surface area contributed by atoms with E-state index in [4.69, 9.17) is 14.4 Å². The summed E-state index contributed by atoms with van der Waals surface area (Å²) in [5.74, 6) is 0.603. The van der Waals surface area contributed by atoms with Crippen molar-refractivity contribution in [2.75, 3.05) is 4.90 Å². The standard InChI is InChI=1S/C42H28N4O/c1-42(2)31-17-9-10-18-33(31)46(39-37(42)28-22-23-43-24-30(28)35-29-16-8-11-19-34(29)47-40(35)39)41-44-32-21-20-25-12-6-7-15-27(25)36(32)38(45-41)26-13-4-3-5-14-26/h3-24H,1-2H3. The molecule has 4 heterocycles. The third-order valence-corrected chi connectivity index (χ3v) is 9.90. The van der Waals surface area contributed by atoms with E-state index in [-0.39, 0.29) is 5.41 Å². The van der Waals surface area contributed by atoms with Gasteiger partial charge in [-0.1, -0.05) is 111 Å². The molecule has 9 aromatic rings. The van der Waals surface area contributed by atoms with E-state index in [9.17, 15) is 0 Å². The van der Waals surface area contributed by atoms with E-state index >= 15 is 0 Å². The van der Waals surface area contributed by atoms with Gasteiger partial charge in [0.15, 0.2) is 5.58 Å². The fourth-order valence-electron chi connectivity index (χ4n) is 7.83. The van der Waals surface area contributed by atoms with Crippen LogP contribution in [0, 0.1) is 0 Å². The lowest BCUT2D eigenvalue weighted by molar-refractivity contribution is 0.628. The Morgan fingerprint density at radius 2 is 1.40 bits per heavy atom. The maximum Gasteiger partial charge on any atom is 0.235 e. The zero-order valence-corrected chi connectivity index (χ0v) is 25.9. The molecular weight excluding hydrogens is 576 g/mol. The summed E-state index contributed by atoms with van der Waals surface area (Å²) >= 11 is 0. The molecule has 0 radical (unpaired) electrons. The maximum absolute atomic E-state index is 6.85. The van der Waals surface area contributed by atoms with Gasteiger partial charge in [0, 0.05) is 44.9 Å². The lowest BCUT2D eigenvalue weighted by Crippen LogP contribution is -2.32. The number of anilines is 3. The zero-order valence-electron chi connectivity index (χ0n) is 25.9. The first kappa shape index (κ1) is 26.2. The highest BCUT2D eigenvalue weighted by molar-refractivity contribution is 6.25. The van der Waals surface area contributed by atoms with Crippen LogP contribution in [0.5, 0.6) is 0 Å². The minimum Gasteiger partial charge on any atom is -0.454 e. The average molecular weight is 605 g/mol. The van der Waals surface area contributed by atoms with Crippen molar-refractivity contribution in [3.8, 4) is 11.3 Å². The summed E-state index contributed by atoms with van der Waals surface area (Å²) in [5.41, 5.74) is 8.51. The highest BCUT2D eigenvalue weighted by Gasteiger charge is 2.42. The van der Waals surface area contributed by atoms with Crippen LogP contribution in [-0.4, -0.2) is 15.0 Å². The quantitative estimate of drug-likeness (QED) is 0.184. The van der Waals surface area contributed by atoms with E-state index < -0.39 is 0 Å². The van der Waals surface area contributed by atoms with Crippen LogP contribution in [0.15, 0.2) is 138 Å². The van der Waals surface area contributed by atoms with E-state index in [0.29, 0.717) is 5.95 Å². The van der Waals surface area contributed by atoms with Crippen LogP contribution in [0.4, 0.5) is 17.3 Å². The Kier molecular flexibility index (Phi) is 5.28. The molecule has 1 aliphatic rings. The Balaban J connectivity index is 1.40. The van der Waals surface area contributed by atoms with Gasteiger partial charge in [0.2, 0.25) is 5.95 Å². The van der Waals surface area contributed by atoms with E-state index in [1.165, 1.54) is 11.1 Å². The molecule has 0 aliphatic carbocycles. The van der Waals surface area contributed by atoms with Crippen LogP contribution < -0.4 is 4.90 Å². The fraction of sp³-hybridized carbons (Fsp3) is 0.0714. The Labute approximate surface area is 270 Å².